The van der Waals surface area contributed by atoms with Crippen molar-refractivity contribution < 1.29 is 9.32 Å². The second kappa shape index (κ2) is 7.68. The lowest BCUT2D eigenvalue weighted by Gasteiger charge is -2.11. The molecular formula is C17H18N6O3. The molecule has 0 aliphatic carbocycles. The number of aromatic nitrogens is 5. The van der Waals surface area contributed by atoms with Gasteiger partial charge in [0.1, 0.15) is 12.2 Å². The quantitative estimate of drug-likeness (QED) is 0.708. The zero-order valence-corrected chi connectivity index (χ0v) is 14.4. The van der Waals surface area contributed by atoms with Crippen LogP contribution in [0.2, 0.25) is 0 Å². The van der Waals surface area contributed by atoms with E-state index in [1.54, 1.807) is 24.5 Å². The minimum absolute atomic E-state index is 0.0272. The first-order valence-electron chi connectivity index (χ1n) is 8.19. The molecule has 0 aromatic carbocycles. The molecule has 0 saturated heterocycles. The van der Waals surface area contributed by atoms with E-state index < -0.39 is 0 Å². The van der Waals surface area contributed by atoms with Crippen molar-refractivity contribution >= 4 is 5.91 Å². The highest BCUT2D eigenvalue weighted by atomic mass is 16.5. The maximum absolute atomic E-state index is 12.0. The average Bonchev–Trinajstić information content (AvgIpc) is 3.14. The highest BCUT2D eigenvalue weighted by molar-refractivity contribution is 5.75. The van der Waals surface area contributed by atoms with E-state index in [1.165, 1.54) is 12.1 Å². The molecule has 9 nitrogen and oxygen atoms in total. The maximum atomic E-state index is 12.0. The molecule has 0 fully saturated rings. The van der Waals surface area contributed by atoms with Gasteiger partial charge in [0.25, 0.3) is 11.4 Å². The predicted octanol–water partition coefficient (Wildman–Crippen LogP) is 1.27. The zero-order valence-electron chi connectivity index (χ0n) is 14.4. The number of carbonyl (C=O) groups excluding carboxylic acids is 1. The van der Waals surface area contributed by atoms with E-state index in [0.717, 1.165) is 11.1 Å². The van der Waals surface area contributed by atoms with Crippen LogP contribution in [0.15, 0.2) is 46.0 Å². The van der Waals surface area contributed by atoms with Crippen LogP contribution in [0.25, 0.3) is 23.0 Å². The van der Waals surface area contributed by atoms with Gasteiger partial charge in [-0.25, -0.2) is 4.68 Å². The van der Waals surface area contributed by atoms with Crippen molar-refractivity contribution in [2.75, 3.05) is 0 Å². The molecule has 0 aliphatic heterocycles. The molecule has 26 heavy (non-hydrogen) atoms. The molecule has 1 amide bonds. The summed E-state index contributed by atoms with van der Waals surface area (Å²) in [5.74, 6) is 0.231. The van der Waals surface area contributed by atoms with Gasteiger partial charge in [0.05, 0.1) is 0 Å². The second-order valence-electron chi connectivity index (χ2n) is 5.76. The fraction of sp³-hybridized carbons (Fsp3) is 0.294. The van der Waals surface area contributed by atoms with Crippen LogP contribution in [-0.4, -0.2) is 36.9 Å². The molecule has 3 aromatic heterocycles. The number of amides is 1. The Morgan fingerprint density at radius 2 is 2.19 bits per heavy atom. The standard InChI is InChI=1S/C17H18N6O3/c1-3-11(2)19-14(24)10-23-15(25)7-6-13(21-23)17-20-16(22-26-17)12-5-4-8-18-9-12/h4-9,11H,3,10H2,1-2H3,(H,19,24)/t11-/m0/s1. The Morgan fingerprint density at radius 1 is 1.35 bits per heavy atom. The van der Waals surface area contributed by atoms with Crippen LogP contribution < -0.4 is 10.9 Å². The Bertz CT molecular complexity index is 950. The molecule has 1 N–H and O–H groups in total. The first kappa shape index (κ1) is 17.5. The van der Waals surface area contributed by atoms with Crippen molar-refractivity contribution in [1.82, 2.24) is 30.2 Å². The van der Waals surface area contributed by atoms with Gasteiger partial charge in [0.15, 0.2) is 0 Å². The summed E-state index contributed by atoms with van der Waals surface area (Å²) in [5.41, 5.74) is 0.618. The summed E-state index contributed by atoms with van der Waals surface area (Å²) in [6, 6.07) is 6.38. The number of pyridine rings is 1. The highest BCUT2D eigenvalue weighted by Crippen LogP contribution is 2.19. The lowest BCUT2D eigenvalue weighted by molar-refractivity contribution is -0.122. The Hall–Kier alpha value is -3.36. The Labute approximate surface area is 149 Å². The lowest BCUT2D eigenvalue weighted by Crippen LogP contribution is -2.37. The largest absolute Gasteiger partial charge is 0.352 e. The number of hydrogen-bond acceptors (Lipinski definition) is 7. The monoisotopic (exact) mass is 354 g/mol. The van der Waals surface area contributed by atoms with Crippen molar-refractivity contribution in [3.8, 4) is 23.0 Å². The fourth-order valence-corrected chi connectivity index (χ4v) is 2.17. The molecule has 134 valence electrons. The Balaban J connectivity index is 1.83. The molecule has 0 spiro atoms. The maximum Gasteiger partial charge on any atom is 0.278 e. The van der Waals surface area contributed by atoms with E-state index in [0.29, 0.717) is 17.1 Å². The van der Waals surface area contributed by atoms with E-state index in [9.17, 15) is 9.59 Å². The Morgan fingerprint density at radius 3 is 2.92 bits per heavy atom. The van der Waals surface area contributed by atoms with E-state index in [2.05, 4.69) is 25.5 Å². The first-order valence-corrected chi connectivity index (χ1v) is 8.19. The minimum Gasteiger partial charge on any atom is -0.352 e. The van der Waals surface area contributed by atoms with Gasteiger partial charge in [0.2, 0.25) is 11.7 Å². The van der Waals surface area contributed by atoms with Crippen molar-refractivity contribution in [3.05, 3.63) is 47.0 Å². The Kier molecular flexibility index (Phi) is 5.16. The summed E-state index contributed by atoms with van der Waals surface area (Å²) in [5, 5.41) is 10.8. The van der Waals surface area contributed by atoms with Crippen molar-refractivity contribution in [2.24, 2.45) is 0 Å². The topological polar surface area (TPSA) is 116 Å². The number of nitrogens with one attached hydrogen (secondary N) is 1. The van der Waals surface area contributed by atoms with Crippen LogP contribution in [0.5, 0.6) is 0 Å². The minimum atomic E-state index is -0.389. The third-order valence-electron chi connectivity index (χ3n) is 3.74. The van der Waals surface area contributed by atoms with Gasteiger partial charge >= 0.3 is 0 Å². The molecule has 3 heterocycles. The summed E-state index contributed by atoms with van der Waals surface area (Å²) in [4.78, 5) is 32.2. The third-order valence-corrected chi connectivity index (χ3v) is 3.74. The van der Waals surface area contributed by atoms with Gasteiger partial charge < -0.3 is 9.84 Å². The van der Waals surface area contributed by atoms with Crippen LogP contribution in [-0.2, 0) is 11.3 Å². The lowest BCUT2D eigenvalue weighted by atomic mass is 10.2. The normalized spacial score (nSPS) is 11.9. The molecule has 9 heteroatoms. The molecular weight excluding hydrogens is 336 g/mol. The second-order valence-corrected chi connectivity index (χ2v) is 5.76. The summed E-state index contributed by atoms with van der Waals surface area (Å²) < 4.78 is 6.29. The zero-order chi connectivity index (χ0) is 18.5. The fourth-order valence-electron chi connectivity index (χ4n) is 2.17. The van der Waals surface area contributed by atoms with Gasteiger partial charge in [-0.1, -0.05) is 12.1 Å². The third kappa shape index (κ3) is 4.00. The first-order chi connectivity index (χ1) is 12.6. The van der Waals surface area contributed by atoms with E-state index >= 15 is 0 Å². The van der Waals surface area contributed by atoms with Crippen LogP contribution >= 0.6 is 0 Å². The van der Waals surface area contributed by atoms with Crippen molar-refractivity contribution in [1.29, 1.82) is 0 Å². The molecule has 3 rings (SSSR count). The molecule has 0 radical (unpaired) electrons. The van der Waals surface area contributed by atoms with Gasteiger partial charge in [-0.15, -0.1) is 0 Å². The van der Waals surface area contributed by atoms with Crippen LogP contribution in [0.1, 0.15) is 20.3 Å². The molecule has 0 aliphatic rings. The average molecular weight is 354 g/mol. The smallest absolute Gasteiger partial charge is 0.278 e. The summed E-state index contributed by atoms with van der Waals surface area (Å²) in [6.07, 6.45) is 4.06. The molecule has 1 atom stereocenters. The summed E-state index contributed by atoms with van der Waals surface area (Å²) in [6.45, 7) is 3.68. The molecule has 0 unspecified atom stereocenters. The van der Waals surface area contributed by atoms with Gasteiger partial charge in [0, 0.05) is 30.1 Å². The summed E-state index contributed by atoms with van der Waals surface area (Å²) in [7, 11) is 0. The van der Waals surface area contributed by atoms with E-state index in [4.69, 9.17) is 4.52 Å². The molecule has 3 aromatic rings. The van der Waals surface area contributed by atoms with Gasteiger partial charge in [-0.05, 0) is 31.5 Å². The number of nitrogens with zero attached hydrogens (tertiary/aromatic N) is 5. The van der Waals surface area contributed by atoms with E-state index in [1.807, 2.05) is 13.8 Å². The van der Waals surface area contributed by atoms with E-state index in [-0.39, 0.29) is 29.9 Å². The molecule has 0 saturated carbocycles. The summed E-state index contributed by atoms with van der Waals surface area (Å²) >= 11 is 0. The van der Waals surface area contributed by atoms with Gasteiger partial charge in [-0.2, -0.15) is 10.1 Å². The van der Waals surface area contributed by atoms with Gasteiger partial charge in [-0.3, -0.25) is 14.6 Å². The van der Waals surface area contributed by atoms with Crippen LogP contribution in [0.3, 0.4) is 0 Å². The van der Waals surface area contributed by atoms with Crippen molar-refractivity contribution in [3.63, 3.8) is 0 Å². The number of rotatable bonds is 6. The van der Waals surface area contributed by atoms with Crippen LogP contribution in [0, 0.1) is 0 Å². The highest BCUT2D eigenvalue weighted by Gasteiger charge is 2.15. The molecule has 0 bridgehead atoms. The predicted molar refractivity (Wildman–Crippen MR) is 92.9 cm³/mol. The van der Waals surface area contributed by atoms with Crippen molar-refractivity contribution in [2.45, 2.75) is 32.9 Å². The SMILES string of the molecule is CC[C@H](C)NC(=O)Cn1nc(-c2nc(-c3cccnc3)no2)ccc1=O. The van der Waals surface area contributed by atoms with Crippen LogP contribution in [0.4, 0.5) is 0 Å². The number of hydrogen-bond donors (Lipinski definition) is 1. The number of carbonyl (C=O) groups is 1.